The summed E-state index contributed by atoms with van der Waals surface area (Å²) < 4.78 is 31.7. The highest BCUT2D eigenvalue weighted by Gasteiger charge is 2.26. The lowest BCUT2D eigenvalue weighted by Crippen LogP contribution is -2.40. The molecule has 1 amide bonds. The van der Waals surface area contributed by atoms with Gasteiger partial charge in [-0.05, 0) is 24.3 Å². The lowest BCUT2D eigenvalue weighted by molar-refractivity contribution is -0.117. The molecule has 1 aromatic carbocycles. The summed E-state index contributed by atoms with van der Waals surface area (Å²) in [6.07, 6.45) is 0.541. The molecule has 1 N–H and O–H groups in total. The molecule has 28 heavy (non-hydrogen) atoms. The van der Waals surface area contributed by atoms with Crippen LogP contribution < -0.4 is 5.32 Å². The van der Waals surface area contributed by atoms with Crippen LogP contribution in [0.5, 0.6) is 0 Å². The predicted octanol–water partition coefficient (Wildman–Crippen LogP) is 0.775. The number of hydrogen-bond donors (Lipinski definition) is 1. The van der Waals surface area contributed by atoms with Crippen LogP contribution in [0.2, 0.25) is 0 Å². The molecule has 1 fully saturated rings. The molecule has 0 bridgehead atoms. The molecule has 1 aromatic rings. The minimum absolute atomic E-state index is 0.0528. The van der Waals surface area contributed by atoms with E-state index in [-0.39, 0.29) is 30.2 Å². The van der Waals surface area contributed by atoms with Crippen LogP contribution in [0.3, 0.4) is 0 Å². The summed E-state index contributed by atoms with van der Waals surface area (Å²) in [6.45, 7) is 2.26. The molecule has 0 aliphatic carbocycles. The molecular formula is C18H23N5O4S. The second-order valence-corrected chi connectivity index (χ2v) is 8.12. The second kappa shape index (κ2) is 10.7. The van der Waals surface area contributed by atoms with Crippen LogP contribution in [0.25, 0.3) is 0 Å². The largest absolute Gasteiger partial charge is 0.379 e. The fourth-order valence-corrected chi connectivity index (χ4v) is 4.14. The molecule has 0 atom stereocenters. The van der Waals surface area contributed by atoms with E-state index in [9.17, 15) is 13.2 Å². The van der Waals surface area contributed by atoms with Crippen molar-refractivity contribution in [2.75, 3.05) is 51.3 Å². The van der Waals surface area contributed by atoms with Gasteiger partial charge in [0.05, 0.1) is 36.8 Å². The number of nitrogens with zero attached hydrogens (tertiary/aromatic N) is 4. The van der Waals surface area contributed by atoms with Crippen molar-refractivity contribution in [3.8, 4) is 12.1 Å². The quantitative estimate of drug-likeness (QED) is 0.643. The average Bonchev–Trinajstić information content (AvgIpc) is 2.71. The van der Waals surface area contributed by atoms with Crippen molar-refractivity contribution in [2.24, 2.45) is 0 Å². The van der Waals surface area contributed by atoms with Crippen LogP contribution >= 0.6 is 0 Å². The molecule has 10 heteroatoms. The van der Waals surface area contributed by atoms with E-state index < -0.39 is 10.0 Å². The van der Waals surface area contributed by atoms with Crippen molar-refractivity contribution in [1.29, 1.82) is 10.5 Å². The van der Waals surface area contributed by atoms with E-state index in [4.69, 9.17) is 15.3 Å². The molecule has 1 aliphatic rings. The smallest absolute Gasteiger partial charge is 0.243 e. The van der Waals surface area contributed by atoms with Crippen molar-refractivity contribution in [2.45, 2.75) is 17.7 Å². The SMILES string of the molecule is N#CCCN(CCC#N)CC(=O)Nc1ccc(S(=O)(=O)N2CCOCC2)cc1. The molecule has 1 saturated heterocycles. The standard InChI is InChI=1S/C18H23N5O4S/c19-7-1-9-22(10-2-8-20)15-18(24)21-16-3-5-17(6-4-16)28(25,26)23-11-13-27-14-12-23/h3-6H,1-2,9-15H2,(H,21,24). The molecule has 1 heterocycles. The van der Waals surface area contributed by atoms with Gasteiger partial charge >= 0.3 is 0 Å². The molecule has 0 unspecified atom stereocenters. The van der Waals surface area contributed by atoms with Crippen LogP contribution in [0.15, 0.2) is 29.2 Å². The van der Waals surface area contributed by atoms with Gasteiger partial charge in [-0.3, -0.25) is 9.69 Å². The van der Waals surface area contributed by atoms with E-state index in [0.717, 1.165) is 0 Å². The molecule has 9 nitrogen and oxygen atoms in total. The zero-order chi connectivity index (χ0) is 20.4. The normalized spacial score (nSPS) is 15.0. The first-order chi connectivity index (χ1) is 13.5. The Morgan fingerprint density at radius 1 is 1.11 bits per heavy atom. The summed E-state index contributed by atoms with van der Waals surface area (Å²) >= 11 is 0. The fourth-order valence-electron chi connectivity index (χ4n) is 2.74. The number of anilines is 1. The minimum atomic E-state index is -3.58. The Kier molecular flexibility index (Phi) is 8.36. The number of nitrogens with one attached hydrogen (secondary N) is 1. The fraction of sp³-hybridized carbons (Fsp3) is 0.500. The third-order valence-corrected chi connectivity index (χ3v) is 6.11. The van der Waals surface area contributed by atoms with E-state index in [1.54, 1.807) is 17.0 Å². The topological polar surface area (TPSA) is 127 Å². The van der Waals surface area contributed by atoms with E-state index in [2.05, 4.69) is 5.32 Å². The first kappa shape index (κ1) is 21.8. The number of ether oxygens (including phenoxy) is 1. The average molecular weight is 405 g/mol. The van der Waals surface area contributed by atoms with Gasteiger partial charge in [-0.2, -0.15) is 14.8 Å². The van der Waals surface area contributed by atoms with Gasteiger partial charge in [0.25, 0.3) is 0 Å². The molecule has 0 radical (unpaired) electrons. The Morgan fingerprint density at radius 3 is 2.21 bits per heavy atom. The van der Waals surface area contributed by atoms with Crippen LogP contribution in [0.1, 0.15) is 12.8 Å². The predicted molar refractivity (Wildman–Crippen MR) is 102 cm³/mol. The maximum atomic E-state index is 12.6. The lowest BCUT2D eigenvalue weighted by Gasteiger charge is -2.26. The van der Waals surface area contributed by atoms with Gasteiger partial charge in [0.2, 0.25) is 15.9 Å². The van der Waals surface area contributed by atoms with Gasteiger partial charge in [-0.25, -0.2) is 8.42 Å². The van der Waals surface area contributed by atoms with Crippen LogP contribution in [0, 0.1) is 22.7 Å². The number of morpholine rings is 1. The highest BCUT2D eigenvalue weighted by Crippen LogP contribution is 2.19. The molecule has 150 valence electrons. The van der Waals surface area contributed by atoms with Crippen LogP contribution in [-0.4, -0.2) is 69.5 Å². The Hall–Kier alpha value is -2.50. The number of nitriles is 2. The number of hydrogen-bond acceptors (Lipinski definition) is 7. The highest BCUT2D eigenvalue weighted by molar-refractivity contribution is 7.89. The Morgan fingerprint density at radius 2 is 1.68 bits per heavy atom. The number of amides is 1. The van der Waals surface area contributed by atoms with Crippen molar-refractivity contribution < 1.29 is 17.9 Å². The number of carbonyl (C=O) groups excluding carboxylic acids is 1. The van der Waals surface area contributed by atoms with Gasteiger partial charge in [0.1, 0.15) is 0 Å². The monoisotopic (exact) mass is 405 g/mol. The maximum Gasteiger partial charge on any atom is 0.243 e. The second-order valence-electron chi connectivity index (χ2n) is 6.18. The van der Waals surface area contributed by atoms with Crippen molar-refractivity contribution in [3.05, 3.63) is 24.3 Å². The maximum absolute atomic E-state index is 12.6. The van der Waals surface area contributed by atoms with Gasteiger partial charge in [0.15, 0.2) is 0 Å². The molecule has 0 aromatic heterocycles. The summed E-state index contributed by atoms with van der Waals surface area (Å²) in [6, 6.07) is 10.0. The van der Waals surface area contributed by atoms with Gasteiger partial charge in [-0.15, -0.1) is 0 Å². The van der Waals surface area contributed by atoms with Gasteiger partial charge in [-0.1, -0.05) is 0 Å². The number of sulfonamides is 1. The molecule has 1 aliphatic heterocycles. The van der Waals surface area contributed by atoms with Crippen LogP contribution in [-0.2, 0) is 19.6 Å². The van der Waals surface area contributed by atoms with Gasteiger partial charge < -0.3 is 10.1 Å². The molecule has 0 saturated carbocycles. The first-order valence-corrected chi connectivity index (χ1v) is 10.4. The molecule has 0 spiro atoms. The summed E-state index contributed by atoms with van der Waals surface area (Å²) in [5.74, 6) is -0.292. The summed E-state index contributed by atoms with van der Waals surface area (Å²) in [4.78, 5) is 14.1. The third-order valence-electron chi connectivity index (χ3n) is 4.19. The zero-order valence-electron chi connectivity index (χ0n) is 15.5. The minimum Gasteiger partial charge on any atom is -0.379 e. The number of benzene rings is 1. The molecule has 2 rings (SSSR count). The van der Waals surface area contributed by atoms with Crippen molar-refractivity contribution in [3.63, 3.8) is 0 Å². The van der Waals surface area contributed by atoms with E-state index in [1.807, 2.05) is 12.1 Å². The van der Waals surface area contributed by atoms with E-state index >= 15 is 0 Å². The third kappa shape index (κ3) is 6.29. The Balaban J connectivity index is 1.96. The van der Waals surface area contributed by atoms with E-state index in [0.29, 0.717) is 45.1 Å². The molecular weight excluding hydrogens is 382 g/mol. The van der Waals surface area contributed by atoms with Crippen molar-refractivity contribution >= 4 is 21.6 Å². The number of rotatable bonds is 9. The van der Waals surface area contributed by atoms with Gasteiger partial charge in [0, 0.05) is 44.7 Å². The Labute approximate surface area is 165 Å². The summed E-state index contributed by atoms with van der Waals surface area (Å²) in [7, 11) is -3.58. The van der Waals surface area contributed by atoms with Crippen LogP contribution in [0.4, 0.5) is 5.69 Å². The lowest BCUT2D eigenvalue weighted by atomic mass is 10.3. The summed E-state index contributed by atoms with van der Waals surface area (Å²) in [5, 5.41) is 20.1. The first-order valence-electron chi connectivity index (χ1n) is 8.91. The summed E-state index contributed by atoms with van der Waals surface area (Å²) in [5.41, 5.74) is 0.478. The number of carbonyl (C=O) groups is 1. The Bertz CT molecular complexity index is 818. The zero-order valence-corrected chi connectivity index (χ0v) is 16.3. The van der Waals surface area contributed by atoms with Crippen molar-refractivity contribution in [1.82, 2.24) is 9.21 Å². The highest BCUT2D eigenvalue weighted by atomic mass is 32.2. The van der Waals surface area contributed by atoms with E-state index in [1.165, 1.54) is 16.4 Å².